The van der Waals surface area contributed by atoms with Crippen molar-refractivity contribution in [3.63, 3.8) is 0 Å². The van der Waals surface area contributed by atoms with E-state index in [-0.39, 0.29) is 5.91 Å². The van der Waals surface area contributed by atoms with Gasteiger partial charge in [0.1, 0.15) is 0 Å². The minimum atomic E-state index is 0.0622. The Morgan fingerprint density at radius 1 is 1.64 bits per heavy atom. The third kappa shape index (κ3) is 2.17. The predicted molar refractivity (Wildman–Crippen MR) is 62.1 cm³/mol. The molecular formula is C10H12BrNOS. The molecule has 0 saturated heterocycles. The summed E-state index contributed by atoms with van der Waals surface area (Å²) in [7, 11) is 0. The van der Waals surface area contributed by atoms with Gasteiger partial charge in [0.25, 0.3) is 5.91 Å². The summed E-state index contributed by atoms with van der Waals surface area (Å²) in [5, 5.41) is 5.89. The zero-order valence-corrected chi connectivity index (χ0v) is 10.2. The van der Waals surface area contributed by atoms with Gasteiger partial charge in [-0.3, -0.25) is 4.79 Å². The lowest BCUT2D eigenvalue weighted by Crippen LogP contribution is -2.30. The average Bonchev–Trinajstić information content (AvgIpc) is 2.78. The molecule has 1 N–H and O–H groups in total. The molecule has 4 heteroatoms. The number of rotatable bonds is 4. The molecule has 1 aromatic heterocycles. The average molecular weight is 274 g/mol. The van der Waals surface area contributed by atoms with Crippen molar-refractivity contribution < 1.29 is 4.79 Å². The van der Waals surface area contributed by atoms with Gasteiger partial charge in [-0.1, -0.05) is 22.0 Å². The Hall–Kier alpha value is -0.350. The van der Waals surface area contributed by atoms with E-state index in [1.807, 2.05) is 17.5 Å². The first-order valence-corrected chi connectivity index (χ1v) is 6.64. The van der Waals surface area contributed by atoms with Crippen LogP contribution in [0.25, 0.3) is 0 Å². The van der Waals surface area contributed by atoms with Gasteiger partial charge in [0.15, 0.2) is 0 Å². The maximum absolute atomic E-state index is 11.6. The second kappa shape index (κ2) is 4.03. The van der Waals surface area contributed by atoms with Gasteiger partial charge < -0.3 is 5.32 Å². The lowest BCUT2D eigenvalue weighted by atomic mass is 10.1. The van der Waals surface area contributed by atoms with Crippen LogP contribution in [0.2, 0.25) is 0 Å². The summed E-state index contributed by atoms with van der Waals surface area (Å²) in [6, 6.07) is 3.75. The molecule has 0 spiro atoms. The maximum Gasteiger partial charge on any atom is 0.261 e. The fourth-order valence-electron chi connectivity index (χ4n) is 1.30. The third-order valence-corrected chi connectivity index (χ3v) is 4.67. The van der Waals surface area contributed by atoms with Crippen molar-refractivity contribution in [3.8, 4) is 0 Å². The molecule has 0 unspecified atom stereocenters. The summed E-state index contributed by atoms with van der Waals surface area (Å²) < 4.78 is 0. The second-order valence-electron chi connectivity index (χ2n) is 3.79. The monoisotopic (exact) mass is 273 g/mol. The minimum absolute atomic E-state index is 0.0622. The highest BCUT2D eigenvalue weighted by atomic mass is 79.9. The smallest absolute Gasteiger partial charge is 0.261 e. The van der Waals surface area contributed by atoms with Crippen LogP contribution in [0.4, 0.5) is 0 Å². The van der Waals surface area contributed by atoms with E-state index in [0.717, 1.165) is 16.8 Å². The highest BCUT2D eigenvalue weighted by Gasteiger charge is 2.41. The Labute approximate surface area is 95.8 Å². The number of amides is 1. The van der Waals surface area contributed by atoms with Gasteiger partial charge in [-0.25, -0.2) is 0 Å². The molecule has 1 aliphatic rings. The Balaban J connectivity index is 1.84. The van der Waals surface area contributed by atoms with Crippen molar-refractivity contribution in [1.29, 1.82) is 0 Å². The fraction of sp³-hybridized carbons (Fsp3) is 0.500. The largest absolute Gasteiger partial charge is 0.351 e. The zero-order valence-electron chi connectivity index (χ0n) is 7.75. The molecular weight excluding hydrogens is 262 g/mol. The van der Waals surface area contributed by atoms with E-state index >= 15 is 0 Å². The summed E-state index contributed by atoms with van der Waals surface area (Å²) >= 11 is 4.97. The van der Waals surface area contributed by atoms with Gasteiger partial charge in [-0.2, -0.15) is 0 Å². The molecule has 1 saturated carbocycles. The molecule has 1 aromatic rings. The molecule has 1 fully saturated rings. The van der Waals surface area contributed by atoms with Crippen LogP contribution in [0, 0.1) is 5.41 Å². The number of hydrogen-bond donors (Lipinski definition) is 1. The van der Waals surface area contributed by atoms with Crippen LogP contribution in [-0.2, 0) is 0 Å². The molecule has 1 heterocycles. The van der Waals surface area contributed by atoms with Crippen molar-refractivity contribution in [2.75, 3.05) is 11.9 Å². The molecule has 2 nitrogen and oxygen atoms in total. The van der Waals surface area contributed by atoms with Gasteiger partial charge in [0.2, 0.25) is 0 Å². The summed E-state index contributed by atoms with van der Waals surface area (Å²) in [6.07, 6.45) is 2.45. The van der Waals surface area contributed by atoms with Crippen molar-refractivity contribution in [2.45, 2.75) is 12.8 Å². The van der Waals surface area contributed by atoms with Crippen molar-refractivity contribution in [1.82, 2.24) is 5.32 Å². The number of carbonyl (C=O) groups excluding carboxylic acids is 1. The van der Waals surface area contributed by atoms with E-state index in [4.69, 9.17) is 0 Å². The standard InChI is InChI=1S/C10H12BrNOS/c11-6-10(3-4-10)7-12-9(13)8-2-1-5-14-8/h1-2,5H,3-4,6-7H2,(H,12,13). The Morgan fingerprint density at radius 2 is 2.43 bits per heavy atom. The molecule has 0 aromatic carbocycles. The molecule has 2 rings (SSSR count). The lowest BCUT2D eigenvalue weighted by Gasteiger charge is -2.11. The Kier molecular flexibility index (Phi) is 2.93. The lowest BCUT2D eigenvalue weighted by molar-refractivity contribution is 0.0950. The van der Waals surface area contributed by atoms with Crippen LogP contribution in [-0.4, -0.2) is 17.8 Å². The van der Waals surface area contributed by atoms with E-state index in [1.165, 1.54) is 24.2 Å². The minimum Gasteiger partial charge on any atom is -0.351 e. The van der Waals surface area contributed by atoms with Crippen molar-refractivity contribution >= 4 is 33.2 Å². The van der Waals surface area contributed by atoms with E-state index < -0.39 is 0 Å². The van der Waals surface area contributed by atoms with E-state index in [2.05, 4.69) is 21.2 Å². The summed E-state index contributed by atoms with van der Waals surface area (Å²) in [4.78, 5) is 12.4. The van der Waals surface area contributed by atoms with Crippen LogP contribution in [0.5, 0.6) is 0 Å². The maximum atomic E-state index is 11.6. The van der Waals surface area contributed by atoms with Gasteiger partial charge in [0.05, 0.1) is 4.88 Å². The van der Waals surface area contributed by atoms with Crippen LogP contribution in [0.15, 0.2) is 17.5 Å². The quantitative estimate of drug-likeness (QED) is 0.840. The predicted octanol–water partition coefficient (Wildman–Crippen LogP) is 2.65. The molecule has 76 valence electrons. The highest BCUT2D eigenvalue weighted by Crippen LogP contribution is 2.46. The summed E-state index contributed by atoms with van der Waals surface area (Å²) in [5.74, 6) is 0.0622. The first kappa shape index (κ1) is 10.2. The van der Waals surface area contributed by atoms with Gasteiger partial charge in [-0.05, 0) is 29.7 Å². The van der Waals surface area contributed by atoms with Crippen LogP contribution in [0.1, 0.15) is 22.5 Å². The molecule has 0 radical (unpaired) electrons. The zero-order chi connectivity index (χ0) is 10.0. The number of nitrogens with one attached hydrogen (secondary N) is 1. The molecule has 0 atom stereocenters. The number of thiophene rings is 1. The van der Waals surface area contributed by atoms with E-state index in [9.17, 15) is 4.79 Å². The Bertz CT molecular complexity index is 319. The number of carbonyl (C=O) groups is 1. The topological polar surface area (TPSA) is 29.1 Å². The Morgan fingerprint density at radius 3 is 2.93 bits per heavy atom. The normalized spacial score (nSPS) is 17.8. The van der Waals surface area contributed by atoms with Gasteiger partial charge >= 0.3 is 0 Å². The van der Waals surface area contributed by atoms with Crippen molar-refractivity contribution in [3.05, 3.63) is 22.4 Å². The molecule has 0 aliphatic heterocycles. The number of halogens is 1. The van der Waals surface area contributed by atoms with Gasteiger partial charge in [-0.15, -0.1) is 11.3 Å². The van der Waals surface area contributed by atoms with Crippen LogP contribution in [0.3, 0.4) is 0 Å². The molecule has 1 aliphatic carbocycles. The van der Waals surface area contributed by atoms with Crippen LogP contribution >= 0.6 is 27.3 Å². The molecule has 1 amide bonds. The fourth-order valence-corrected chi connectivity index (χ4v) is 2.70. The first-order chi connectivity index (χ1) is 6.76. The van der Waals surface area contributed by atoms with E-state index in [1.54, 1.807) is 0 Å². The second-order valence-corrected chi connectivity index (χ2v) is 5.30. The van der Waals surface area contributed by atoms with Crippen molar-refractivity contribution in [2.24, 2.45) is 5.41 Å². The van der Waals surface area contributed by atoms with Gasteiger partial charge in [0, 0.05) is 11.9 Å². The number of hydrogen-bond acceptors (Lipinski definition) is 2. The SMILES string of the molecule is O=C(NCC1(CBr)CC1)c1cccs1. The number of alkyl halides is 1. The van der Waals surface area contributed by atoms with Crippen LogP contribution < -0.4 is 5.32 Å². The summed E-state index contributed by atoms with van der Waals surface area (Å²) in [5.41, 5.74) is 0.354. The third-order valence-electron chi connectivity index (χ3n) is 2.61. The molecule has 14 heavy (non-hydrogen) atoms. The van der Waals surface area contributed by atoms with E-state index in [0.29, 0.717) is 5.41 Å². The summed E-state index contributed by atoms with van der Waals surface area (Å²) in [6.45, 7) is 0.801. The highest BCUT2D eigenvalue weighted by molar-refractivity contribution is 9.09. The first-order valence-electron chi connectivity index (χ1n) is 4.63. The molecule has 0 bridgehead atoms.